The van der Waals surface area contributed by atoms with Crippen molar-refractivity contribution in [2.75, 3.05) is 0 Å². The van der Waals surface area contributed by atoms with E-state index in [0.29, 0.717) is 58.0 Å². The Kier molecular flexibility index (Phi) is 13.6. The van der Waals surface area contributed by atoms with Gasteiger partial charge < -0.3 is 9.13 Å². The van der Waals surface area contributed by atoms with E-state index in [2.05, 4.69) is 112 Å². The van der Waals surface area contributed by atoms with E-state index >= 15 is 0 Å². The summed E-state index contributed by atoms with van der Waals surface area (Å²) in [6, 6.07) is 105. The van der Waals surface area contributed by atoms with Gasteiger partial charge in [-0.25, -0.2) is 44.9 Å². The Balaban J connectivity index is 0.862. The third-order valence-corrected chi connectivity index (χ3v) is 17.1. The van der Waals surface area contributed by atoms with Gasteiger partial charge in [0.1, 0.15) is 6.07 Å². The zero-order chi connectivity index (χ0) is 62.5. The maximum Gasteiger partial charge on any atom is 0.166 e. The highest BCUT2D eigenvalue weighted by Crippen LogP contribution is 2.43. The summed E-state index contributed by atoms with van der Waals surface area (Å²) < 4.78 is 4.49. The van der Waals surface area contributed by atoms with E-state index in [1.165, 1.54) is 0 Å². The molecule has 12 aromatic carbocycles. The first kappa shape index (κ1) is 54.9. The smallest absolute Gasteiger partial charge is 0.166 e. The molecule has 438 valence electrons. The molecule has 5 heterocycles. The van der Waals surface area contributed by atoms with E-state index < -0.39 is 0 Å². The van der Waals surface area contributed by atoms with E-state index in [9.17, 15) is 5.26 Å². The van der Waals surface area contributed by atoms with Crippen LogP contribution in [0.4, 0.5) is 0 Å². The number of para-hydroxylation sites is 2. The van der Waals surface area contributed by atoms with Gasteiger partial charge in [0.2, 0.25) is 0 Å². The summed E-state index contributed by atoms with van der Waals surface area (Å²) in [5, 5.41) is 15.7. The number of nitrogens with zero attached hydrogens (tertiary/aromatic N) is 12. The van der Waals surface area contributed by atoms with Crippen molar-refractivity contribution in [3.63, 3.8) is 0 Å². The van der Waals surface area contributed by atoms with Crippen LogP contribution in [0.1, 0.15) is 5.56 Å². The highest BCUT2D eigenvalue weighted by molar-refractivity contribution is 6.12. The van der Waals surface area contributed by atoms with Gasteiger partial charge in [-0.2, -0.15) is 5.26 Å². The van der Waals surface area contributed by atoms with Crippen molar-refractivity contribution in [1.82, 2.24) is 54.0 Å². The summed E-state index contributed by atoms with van der Waals surface area (Å²) in [7, 11) is 0. The first-order chi connectivity index (χ1) is 46.5. The molecule has 0 fully saturated rings. The Bertz CT molecular complexity index is 5620. The van der Waals surface area contributed by atoms with E-state index in [1.807, 2.05) is 206 Å². The summed E-state index contributed by atoms with van der Waals surface area (Å²) in [6.45, 7) is 0. The standard InChI is InChI=1S/C82H50N12/c83-51-67-61(38-23-41-70(67)93-68-39-21-19-36-62(68)65-48-59(43-46-71(65)93)80-87-74(52-24-7-1-8-25-52)84-75(88-80)53-26-9-2-10-27-53)58-42-45-64(82-91-78(56-32-15-5-16-33-56)86-79(92-82)57-34-17-6-18-35-57)73(50-58)94-69-40-22-20-37-63(69)66-49-60(44-47-72(66)94)81-89-76(54-28-11-3-12-29-54)85-77(90-81)55-30-13-4-14-31-55/h1-50H. The quantitative estimate of drug-likeness (QED) is 0.116. The van der Waals surface area contributed by atoms with Gasteiger partial charge in [-0.15, -0.1) is 0 Å². The van der Waals surface area contributed by atoms with Crippen LogP contribution in [0.3, 0.4) is 0 Å². The van der Waals surface area contributed by atoms with Crippen LogP contribution in [0.2, 0.25) is 0 Å². The second kappa shape index (κ2) is 23.3. The fourth-order valence-corrected chi connectivity index (χ4v) is 12.7. The van der Waals surface area contributed by atoms with Gasteiger partial charge in [0, 0.05) is 77.2 Å². The summed E-state index contributed by atoms with van der Waals surface area (Å²) in [4.78, 5) is 46.2. The van der Waals surface area contributed by atoms with Gasteiger partial charge in [0.15, 0.2) is 52.4 Å². The van der Waals surface area contributed by atoms with Crippen LogP contribution in [0.5, 0.6) is 0 Å². The van der Waals surface area contributed by atoms with Crippen molar-refractivity contribution >= 4 is 43.6 Å². The minimum atomic E-state index is 0.479. The molecule has 0 aliphatic heterocycles. The van der Waals surface area contributed by atoms with Gasteiger partial charge in [-0.05, 0) is 72.3 Å². The number of benzene rings is 12. The predicted octanol–water partition coefficient (Wildman–Crippen LogP) is 19.0. The van der Waals surface area contributed by atoms with Crippen LogP contribution in [-0.2, 0) is 0 Å². The molecule has 0 amide bonds. The van der Waals surface area contributed by atoms with Gasteiger partial charge in [0.25, 0.3) is 0 Å². The number of hydrogen-bond donors (Lipinski definition) is 0. The van der Waals surface area contributed by atoms with E-state index in [-0.39, 0.29) is 0 Å². The van der Waals surface area contributed by atoms with Crippen molar-refractivity contribution in [1.29, 1.82) is 5.26 Å². The molecule has 0 aliphatic rings. The Morgan fingerprint density at radius 2 is 0.521 bits per heavy atom. The molecule has 12 heteroatoms. The van der Waals surface area contributed by atoms with Crippen LogP contribution in [0.25, 0.3) is 169 Å². The predicted molar refractivity (Wildman–Crippen MR) is 374 cm³/mol. The molecule has 17 aromatic rings. The number of hydrogen-bond acceptors (Lipinski definition) is 10. The number of nitriles is 1. The fourth-order valence-electron chi connectivity index (χ4n) is 12.7. The second-order valence-corrected chi connectivity index (χ2v) is 22.8. The van der Waals surface area contributed by atoms with Gasteiger partial charge in [0.05, 0.1) is 39.0 Å². The van der Waals surface area contributed by atoms with Crippen molar-refractivity contribution in [3.05, 3.63) is 309 Å². The number of fused-ring (bicyclic) bond motifs is 6. The maximum absolute atomic E-state index is 11.7. The molecule has 0 atom stereocenters. The van der Waals surface area contributed by atoms with Crippen LogP contribution < -0.4 is 0 Å². The van der Waals surface area contributed by atoms with Crippen LogP contribution in [0, 0.1) is 11.3 Å². The third kappa shape index (κ3) is 9.86. The maximum atomic E-state index is 11.7. The molecule has 12 nitrogen and oxygen atoms in total. The lowest BCUT2D eigenvalue weighted by molar-refractivity contribution is 1.06. The SMILES string of the molecule is N#Cc1c(-c2ccc(-c3nc(-c4ccccc4)nc(-c4ccccc4)n3)c(-n3c4ccccc4c4cc(-c5nc(-c6ccccc6)nc(-c6ccccc6)n5)ccc43)c2)cccc1-n1c2ccccc2c2cc(-c3nc(-c4ccccc4)nc(-c4ccccc4)n3)ccc21. The molecule has 0 saturated heterocycles. The van der Waals surface area contributed by atoms with Gasteiger partial charge in [-0.1, -0.05) is 237 Å². The molecule has 0 radical (unpaired) electrons. The molecular formula is C82H50N12. The zero-order valence-electron chi connectivity index (χ0n) is 50.2. The van der Waals surface area contributed by atoms with Crippen LogP contribution in [0.15, 0.2) is 303 Å². The topological polar surface area (TPSA) is 150 Å². The Morgan fingerprint density at radius 1 is 0.213 bits per heavy atom. The lowest BCUT2D eigenvalue weighted by atomic mass is 9.96. The zero-order valence-corrected chi connectivity index (χ0v) is 50.2. The van der Waals surface area contributed by atoms with Crippen LogP contribution in [-0.4, -0.2) is 54.0 Å². The summed E-state index contributed by atoms with van der Waals surface area (Å²) >= 11 is 0. The molecule has 0 aliphatic carbocycles. The summed E-state index contributed by atoms with van der Waals surface area (Å²) in [6.07, 6.45) is 0. The van der Waals surface area contributed by atoms with E-state index in [4.69, 9.17) is 44.9 Å². The van der Waals surface area contributed by atoms with Gasteiger partial charge in [-0.3, -0.25) is 0 Å². The Labute approximate surface area is 539 Å². The van der Waals surface area contributed by atoms with Crippen molar-refractivity contribution in [3.8, 4) is 131 Å². The highest BCUT2D eigenvalue weighted by Gasteiger charge is 2.25. The second-order valence-electron chi connectivity index (χ2n) is 22.8. The summed E-state index contributed by atoms with van der Waals surface area (Å²) in [5.41, 5.74) is 15.0. The lowest BCUT2D eigenvalue weighted by Gasteiger charge is -2.18. The first-order valence-corrected chi connectivity index (χ1v) is 30.9. The average molecular weight is 1200 g/mol. The van der Waals surface area contributed by atoms with E-state index in [0.717, 1.165) is 116 Å². The van der Waals surface area contributed by atoms with Crippen molar-refractivity contribution < 1.29 is 0 Å². The van der Waals surface area contributed by atoms with Crippen molar-refractivity contribution in [2.24, 2.45) is 0 Å². The first-order valence-electron chi connectivity index (χ1n) is 30.9. The van der Waals surface area contributed by atoms with E-state index in [1.54, 1.807) is 0 Å². The third-order valence-electron chi connectivity index (χ3n) is 17.1. The minimum Gasteiger partial charge on any atom is -0.308 e. The van der Waals surface area contributed by atoms with Crippen LogP contribution >= 0.6 is 0 Å². The molecule has 0 N–H and O–H groups in total. The molecular weight excluding hydrogens is 1150 g/mol. The van der Waals surface area contributed by atoms with Crippen molar-refractivity contribution in [2.45, 2.75) is 0 Å². The molecule has 0 bridgehead atoms. The monoisotopic (exact) mass is 1200 g/mol. The van der Waals surface area contributed by atoms with Gasteiger partial charge >= 0.3 is 0 Å². The molecule has 94 heavy (non-hydrogen) atoms. The largest absolute Gasteiger partial charge is 0.308 e. The normalized spacial score (nSPS) is 11.4. The average Bonchev–Trinajstić information content (AvgIpc) is 1.60. The number of rotatable bonds is 12. The molecule has 0 unspecified atom stereocenters. The minimum absolute atomic E-state index is 0.479. The fraction of sp³-hybridized carbons (Fsp3) is 0. The Hall–Kier alpha value is -13.2. The summed E-state index contributed by atoms with van der Waals surface area (Å²) in [5.74, 6) is 4.97. The molecule has 0 saturated carbocycles. The molecule has 0 spiro atoms. The molecule has 17 rings (SSSR count). The highest BCUT2D eigenvalue weighted by atomic mass is 15.1. The lowest BCUT2D eigenvalue weighted by Crippen LogP contribution is -2.04. The number of aromatic nitrogens is 11. The Morgan fingerprint density at radius 3 is 0.894 bits per heavy atom. The molecule has 5 aromatic heterocycles.